The molecular weight excluding hydrogens is 432 g/mol. The zero-order valence-electron chi connectivity index (χ0n) is 13.8. The van der Waals surface area contributed by atoms with Crippen molar-refractivity contribution in [3.05, 3.63) is 34.6 Å². The Bertz CT molecular complexity index is 548. The molecule has 2 atom stereocenters. The van der Waals surface area contributed by atoms with Crippen molar-refractivity contribution in [1.29, 1.82) is 0 Å². The summed E-state index contributed by atoms with van der Waals surface area (Å²) in [6.45, 7) is 4.61. The molecule has 7 heteroatoms. The maximum absolute atomic E-state index is 13.9. The van der Waals surface area contributed by atoms with E-state index in [2.05, 4.69) is 15.6 Å². The van der Waals surface area contributed by atoms with E-state index >= 15 is 0 Å². The number of guanidine groups is 1. The van der Waals surface area contributed by atoms with Gasteiger partial charge in [0.1, 0.15) is 5.82 Å². The van der Waals surface area contributed by atoms with E-state index in [1.807, 2.05) is 13.8 Å². The molecule has 2 N–H and O–H groups in total. The maximum atomic E-state index is 13.9. The van der Waals surface area contributed by atoms with Gasteiger partial charge in [-0.25, -0.2) is 4.39 Å². The zero-order valence-corrected chi connectivity index (χ0v) is 16.9. The molecule has 2 rings (SSSR count). The smallest absolute Gasteiger partial charge is 0.191 e. The van der Waals surface area contributed by atoms with Crippen molar-refractivity contribution in [2.45, 2.75) is 37.8 Å². The average molecular weight is 456 g/mol. The van der Waals surface area contributed by atoms with Crippen LogP contribution in [-0.4, -0.2) is 38.3 Å². The van der Waals surface area contributed by atoms with Gasteiger partial charge in [-0.3, -0.25) is 4.99 Å². The van der Waals surface area contributed by atoms with Crippen LogP contribution in [-0.2, 0) is 4.74 Å². The first-order valence-corrected chi connectivity index (χ1v) is 7.72. The standard InChI is InChI=1S/C16H23ClFN3O.HI/c1-16(2,22-4)9-20-15(19-3)21-13-8-10(13)14-11(17)6-5-7-12(14)18;/h5-7,10,13H,8-9H2,1-4H3,(H2,19,20,21);1H. The third-order valence-corrected chi connectivity index (χ3v) is 4.27. The minimum absolute atomic E-state index is 0. The van der Waals surface area contributed by atoms with Crippen LogP contribution in [0.3, 0.4) is 0 Å². The van der Waals surface area contributed by atoms with Gasteiger partial charge in [0.15, 0.2) is 5.96 Å². The molecule has 4 nitrogen and oxygen atoms in total. The minimum atomic E-state index is -0.282. The van der Waals surface area contributed by atoms with Crippen molar-refractivity contribution >= 4 is 41.5 Å². The predicted molar refractivity (Wildman–Crippen MR) is 104 cm³/mol. The predicted octanol–water partition coefficient (Wildman–Crippen LogP) is 3.54. The number of benzene rings is 1. The van der Waals surface area contributed by atoms with Crippen LogP contribution in [0.2, 0.25) is 5.02 Å². The Morgan fingerprint density at radius 2 is 2.17 bits per heavy atom. The number of halogens is 3. The Morgan fingerprint density at radius 1 is 1.48 bits per heavy atom. The highest BCUT2D eigenvalue weighted by Gasteiger charge is 2.42. The lowest BCUT2D eigenvalue weighted by molar-refractivity contribution is 0.0268. The first-order valence-electron chi connectivity index (χ1n) is 7.34. The lowest BCUT2D eigenvalue weighted by atomic mass is 10.1. The Morgan fingerprint density at radius 3 is 2.74 bits per heavy atom. The molecule has 0 saturated heterocycles. The number of aliphatic imine (C=N–C) groups is 1. The van der Waals surface area contributed by atoms with Crippen LogP contribution >= 0.6 is 35.6 Å². The molecule has 0 aliphatic heterocycles. The van der Waals surface area contributed by atoms with Crippen molar-refractivity contribution in [2.75, 3.05) is 20.7 Å². The van der Waals surface area contributed by atoms with Crippen LogP contribution in [0.15, 0.2) is 23.2 Å². The molecule has 0 heterocycles. The van der Waals surface area contributed by atoms with Gasteiger partial charge >= 0.3 is 0 Å². The Hall–Kier alpha value is -0.600. The molecule has 1 aromatic carbocycles. The largest absolute Gasteiger partial charge is 0.377 e. The summed E-state index contributed by atoms with van der Waals surface area (Å²) in [5.41, 5.74) is 0.310. The normalized spacial score (nSPS) is 20.7. The fourth-order valence-corrected chi connectivity index (χ4v) is 2.58. The molecule has 1 aliphatic rings. The summed E-state index contributed by atoms with van der Waals surface area (Å²) < 4.78 is 19.3. The van der Waals surface area contributed by atoms with E-state index in [1.165, 1.54) is 6.07 Å². The summed E-state index contributed by atoms with van der Waals surface area (Å²) in [6.07, 6.45) is 0.842. The molecule has 0 amide bonds. The molecule has 2 unspecified atom stereocenters. The quantitative estimate of drug-likeness (QED) is 0.406. The molecule has 1 fully saturated rings. The number of nitrogens with zero attached hydrogens (tertiary/aromatic N) is 1. The summed E-state index contributed by atoms with van der Waals surface area (Å²) in [7, 11) is 3.39. The van der Waals surface area contributed by atoms with Crippen molar-refractivity contribution in [2.24, 2.45) is 4.99 Å². The molecule has 0 bridgehead atoms. The Kier molecular flexibility index (Phi) is 7.54. The number of rotatable bonds is 5. The van der Waals surface area contributed by atoms with Gasteiger partial charge in [0.05, 0.1) is 5.60 Å². The second kappa shape index (κ2) is 8.48. The van der Waals surface area contributed by atoms with Crippen molar-refractivity contribution in [3.8, 4) is 0 Å². The lowest BCUT2D eigenvalue weighted by Gasteiger charge is -2.24. The topological polar surface area (TPSA) is 45.7 Å². The molecule has 1 aliphatic carbocycles. The number of hydrogen-bond donors (Lipinski definition) is 2. The number of ether oxygens (including phenoxy) is 1. The summed E-state index contributed by atoms with van der Waals surface area (Å²) in [5.74, 6) is 0.526. The van der Waals surface area contributed by atoms with Gasteiger partial charge in [0, 0.05) is 43.2 Å². The second-order valence-electron chi connectivity index (χ2n) is 6.12. The minimum Gasteiger partial charge on any atom is -0.377 e. The number of nitrogens with one attached hydrogen (secondary N) is 2. The molecular formula is C16H24ClFIN3O. The van der Waals surface area contributed by atoms with E-state index in [4.69, 9.17) is 16.3 Å². The monoisotopic (exact) mass is 455 g/mol. The van der Waals surface area contributed by atoms with Crippen LogP contribution in [0.1, 0.15) is 31.7 Å². The summed E-state index contributed by atoms with van der Waals surface area (Å²) in [6, 6.07) is 4.94. The van der Waals surface area contributed by atoms with Gasteiger partial charge in [-0.1, -0.05) is 17.7 Å². The zero-order chi connectivity index (χ0) is 16.3. The highest BCUT2D eigenvalue weighted by atomic mass is 127. The van der Waals surface area contributed by atoms with Crippen LogP contribution in [0, 0.1) is 5.82 Å². The molecule has 0 aromatic heterocycles. The van der Waals surface area contributed by atoms with Crippen molar-refractivity contribution in [1.82, 2.24) is 10.6 Å². The van der Waals surface area contributed by atoms with Crippen molar-refractivity contribution < 1.29 is 9.13 Å². The van der Waals surface area contributed by atoms with Crippen LogP contribution < -0.4 is 10.6 Å². The van der Waals surface area contributed by atoms with Crippen LogP contribution in [0.4, 0.5) is 4.39 Å². The van der Waals surface area contributed by atoms with E-state index in [-0.39, 0.29) is 47.4 Å². The summed E-state index contributed by atoms with van der Waals surface area (Å²) >= 11 is 6.11. The van der Waals surface area contributed by atoms with Gasteiger partial charge in [0.2, 0.25) is 0 Å². The highest BCUT2D eigenvalue weighted by molar-refractivity contribution is 14.0. The maximum Gasteiger partial charge on any atom is 0.191 e. The van der Waals surface area contributed by atoms with Crippen LogP contribution in [0.25, 0.3) is 0 Å². The Balaban J connectivity index is 0.00000264. The molecule has 0 radical (unpaired) electrons. The highest BCUT2D eigenvalue weighted by Crippen LogP contribution is 2.44. The van der Waals surface area contributed by atoms with Crippen LogP contribution in [0.5, 0.6) is 0 Å². The third-order valence-electron chi connectivity index (χ3n) is 3.94. The second-order valence-corrected chi connectivity index (χ2v) is 6.53. The van der Waals surface area contributed by atoms with Gasteiger partial charge in [-0.15, -0.1) is 24.0 Å². The Labute approximate surface area is 159 Å². The fourth-order valence-electron chi connectivity index (χ4n) is 2.28. The van der Waals surface area contributed by atoms with E-state index in [9.17, 15) is 4.39 Å². The first-order chi connectivity index (χ1) is 10.4. The molecule has 1 saturated carbocycles. The van der Waals surface area contributed by atoms with Crippen molar-refractivity contribution in [3.63, 3.8) is 0 Å². The van der Waals surface area contributed by atoms with Gasteiger partial charge in [-0.05, 0) is 32.4 Å². The number of hydrogen-bond acceptors (Lipinski definition) is 2. The van der Waals surface area contributed by atoms with E-state index in [0.29, 0.717) is 23.1 Å². The SMILES string of the molecule is CN=C(NCC(C)(C)OC)NC1CC1c1c(F)cccc1Cl.I. The van der Waals surface area contributed by atoms with Gasteiger partial charge in [-0.2, -0.15) is 0 Å². The lowest BCUT2D eigenvalue weighted by Crippen LogP contribution is -2.46. The number of methoxy groups -OCH3 is 1. The van der Waals surface area contributed by atoms with Gasteiger partial charge < -0.3 is 15.4 Å². The molecule has 23 heavy (non-hydrogen) atoms. The molecule has 1 aromatic rings. The fraction of sp³-hybridized carbons (Fsp3) is 0.562. The summed E-state index contributed by atoms with van der Waals surface area (Å²) in [4.78, 5) is 4.19. The van der Waals surface area contributed by atoms with E-state index in [1.54, 1.807) is 26.3 Å². The van der Waals surface area contributed by atoms with E-state index < -0.39 is 0 Å². The third kappa shape index (κ3) is 5.46. The first kappa shape index (κ1) is 20.4. The molecule has 0 spiro atoms. The van der Waals surface area contributed by atoms with E-state index in [0.717, 1.165) is 6.42 Å². The molecule has 130 valence electrons. The van der Waals surface area contributed by atoms with Gasteiger partial charge in [0.25, 0.3) is 0 Å². The summed E-state index contributed by atoms with van der Waals surface area (Å²) in [5, 5.41) is 7.00. The average Bonchev–Trinajstić information content (AvgIpc) is 3.22.